The van der Waals surface area contributed by atoms with Gasteiger partial charge < -0.3 is 10.4 Å². The summed E-state index contributed by atoms with van der Waals surface area (Å²) in [5.41, 5.74) is 3.21. The van der Waals surface area contributed by atoms with Crippen LogP contribution in [0.3, 0.4) is 0 Å². The molecule has 0 aliphatic carbocycles. The molecule has 0 atom stereocenters. The number of carbonyl (C=O) groups excluding carboxylic acids is 1. The second-order valence-corrected chi connectivity index (χ2v) is 5.63. The minimum atomic E-state index is -0.294. The average molecular weight is 305 g/mol. The Bertz CT molecular complexity index is 884. The molecule has 116 valence electrons. The van der Waals surface area contributed by atoms with Gasteiger partial charge in [-0.3, -0.25) is 4.79 Å². The van der Waals surface area contributed by atoms with Crippen LogP contribution in [-0.4, -0.2) is 11.0 Å². The highest BCUT2D eigenvalue weighted by atomic mass is 16.3. The van der Waals surface area contributed by atoms with Crippen molar-refractivity contribution < 1.29 is 9.90 Å². The standard InChI is InChI=1S/C20H19NO2/c1-3-14-10-6-7-13(2)19(14)21-20(23)17-11-15-8-4-5-9-16(15)12-18(17)22/h4-12,22H,3H2,1-2H3,(H,21,23). The lowest BCUT2D eigenvalue weighted by molar-refractivity contribution is 0.102. The second-order valence-electron chi connectivity index (χ2n) is 5.63. The molecule has 3 aromatic rings. The number of benzene rings is 3. The van der Waals surface area contributed by atoms with Crippen LogP contribution in [0.2, 0.25) is 0 Å². The second kappa shape index (κ2) is 6.13. The van der Waals surface area contributed by atoms with Crippen molar-refractivity contribution >= 4 is 22.4 Å². The number of nitrogens with one attached hydrogen (secondary N) is 1. The van der Waals surface area contributed by atoms with Gasteiger partial charge in [-0.05, 0) is 47.4 Å². The van der Waals surface area contributed by atoms with Crippen molar-refractivity contribution in [2.45, 2.75) is 20.3 Å². The monoisotopic (exact) mass is 305 g/mol. The van der Waals surface area contributed by atoms with Gasteiger partial charge in [-0.1, -0.05) is 49.4 Å². The molecule has 3 aromatic carbocycles. The fourth-order valence-corrected chi connectivity index (χ4v) is 2.79. The Morgan fingerprint density at radius 2 is 1.74 bits per heavy atom. The predicted molar refractivity (Wildman–Crippen MR) is 94.1 cm³/mol. The maximum atomic E-state index is 12.6. The number of phenols is 1. The summed E-state index contributed by atoms with van der Waals surface area (Å²) >= 11 is 0. The molecule has 3 rings (SSSR count). The first-order chi connectivity index (χ1) is 11.1. The highest BCUT2D eigenvalue weighted by molar-refractivity contribution is 6.09. The van der Waals surface area contributed by atoms with Crippen molar-refractivity contribution in [2.24, 2.45) is 0 Å². The topological polar surface area (TPSA) is 49.3 Å². The van der Waals surface area contributed by atoms with Crippen molar-refractivity contribution in [3.63, 3.8) is 0 Å². The van der Waals surface area contributed by atoms with E-state index in [4.69, 9.17) is 0 Å². The molecule has 0 spiro atoms. The van der Waals surface area contributed by atoms with Gasteiger partial charge in [-0.2, -0.15) is 0 Å². The maximum Gasteiger partial charge on any atom is 0.259 e. The number of para-hydroxylation sites is 1. The molecule has 3 heteroatoms. The van der Waals surface area contributed by atoms with Crippen LogP contribution < -0.4 is 5.32 Å². The van der Waals surface area contributed by atoms with Gasteiger partial charge in [0.1, 0.15) is 5.75 Å². The van der Waals surface area contributed by atoms with Crippen LogP contribution in [0.25, 0.3) is 10.8 Å². The molecule has 0 bridgehead atoms. The fourth-order valence-electron chi connectivity index (χ4n) is 2.79. The van der Waals surface area contributed by atoms with Crippen LogP contribution in [-0.2, 0) is 6.42 Å². The molecule has 0 saturated heterocycles. The number of anilines is 1. The van der Waals surface area contributed by atoms with Gasteiger partial charge in [-0.15, -0.1) is 0 Å². The van der Waals surface area contributed by atoms with E-state index in [-0.39, 0.29) is 17.2 Å². The average Bonchev–Trinajstić information content (AvgIpc) is 2.55. The first kappa shape index (κ1) is 15.1. The van der Waals surface area contributed by atoms with Crippen LogP contribution in [0.5, 0.6) is 5.75 Å². The molecular weight excluding hydrogens is 286 g/mol. The Balaban J connectivity index is 2.00. The lowest BCUT2D eigenvalue weighted by Gasteiger charge is -2.14. The quantitative estimate of drug-likeness (QED) is 0.739. The van der Waals surface area contributed by atoms with Gasteiger partial charge >= 0.3 is 0 Å². The molecule has 0 aliphatic rings. The maximum absolute atomic E-state index is 12.6. The minimum Gasteiger partial charge on any atom is -0.507 e. The Kier molecular flexibility index (Phi) is 4.02. The summed E-state index contributed by atoms with van der Waals surface area (Å²) in [6.07, 6.45) is 0.834. The van der Waals surface area contributed by atoms with E-state index in [2.05, 4.69) is 12.2 Å². The molecule has 0 aliphatic heterocycles. The number of aryl methyl sites for hydroxylation is 2. The van der Waals surface area contributed by atoms with E-state index in [1.807, 2.05) is 49.4 Å². The minimum absolute atomic E-state index is 0.00664. The summed E-state index contributed by atoms with van der Waals surface area (Å²) in [7, 11) is 0. The van der Waals surface area contributed by atoms with E-state index >= 15 is 0 Å². The SMILES string of the molecule is CCc1cccc(C)c1NC(=O)c1cc2ccccc2cc1O. The Morgan fingerprint density at radius 1 is 1.04 bits per heavy atom. The highest BCUT2D eigenvalue weighted by Crippen LogP contribution is 2.27. The summed E-state index contributed by atoms with van der Waals surface area (Å²) in [5, 5.41) is 15.0. The summed E-state index contributed by atoms with van der Waals surface area (Å²) < 4.78 is 0. The Hall–Kier alpha value is -2.81. The fraction of sp³-hybridized carbons (Fsp3) is 0.150. The molecular formula is C20H19NO2. The van der Waals surface area contributed by atoms with Crippen LogP contribution >= 0.6 is 0 Å². The molecule has 0 heterocycles. The van der Waals surface area contributed by atoms with Crippen LogP contribution in [0, 0.1) is 6.92 Å². The van der Waals surface area contributed by atoms with Crippen LogP contribution in [0.1, 0.15) is 28.4 Å². The van der Waals surface area contributed by atoms with Crippen molar-refractivity contribution in [1.82, 2.24) is 0 Å². The lowest BCUT2D eigenvalue weighted by atomic mass is 10.0. The molecule has 0 unspecified atom stereocenters. The van der Waals surface area contributed by atoms with Gasteiger partial charge in [0.25, 0.3) is 5.91 Å². The number of fused-ring (bicyclic) bond motifs is 1. The zero-order valence-corrected chi connectivity index (χ0v) is 13.3. The molecule has 1 amide bonds. The van der Waals surface area contributed by atoms with Crippen molar-refractivity contribution in [2.75, 3.05) is 5.32 Å². The number of rotatable bonds is 3. The third kappa shape index (κ3) is 2.90. The van der Waals surface area contributed by atoms with E-state index < -0.39 is 0 Å². The molecule has 0 radical (unpaired) electrons. The van der Waals surface area contributed by atoms with Gasteiger partial charge in [-0.25, -0.2) is 0 Å². The molecule has 0 aromatic heterocycles. The largest absolute Gasteiger partial charge is 0.507 e. The smallest absolute Gasteiger partial charge is 0.259 e. The van der Waals surface area contributed by atoms with Crippen LogP contribution in [0.4, 0.5) is 5.69 Å². The van der Waals surface area contributed by atoms with Crippen molar-refractivity contribution in [1.29, 1.82) is 0 Å². The number of amides is 1. The lowest BCUT2D eigenvalue weighted by Crippen LogP contribution is -2.14. The van der Waals surface area contributed by atoms with Gasteiger partial charge in [0.15, 0.2) is 0 Å². The molecule has 23 heavy (non-hydrogen) atoms. The van der Waals surface area contributed by atoms with E-state index in [9.17, 15) is 9.90 Å². The first-order valence-electron chi connectivity index (χ1n) is 7.71. The van der Waals surface area contributed by atoms with E-state index in [1.165, 1.54) is 0 Å². The molecule has 3 nitrogen and oxygen atoms in total. The first-order valence-corrected chi connectivity index (χ1v) is 7.71. The number of aromatic hydroxyl groups is 1. The highest BCUT2D eigenvalue weighted by Gasteiger charge is 2.15. The number of hydrogen-bond acceptors (Lipinski definition) is 2. The van der Waals surface area contributed by atoms with Gasteiger partial charge in [0, 0.05) is 5.69 Å². The Labute approximate surface area is 135 Å². The van der Waals surface area contributed by atoms with E-state index in [1.54, 1.807) is 12.1 Å². The normalized spacial score (nSPS) is 10.7. The molecule has 0 saturated carbocycles. The number of phenolic OH excluding ortho intramolecular Hbond substituents is 1. The summed E-state index contributed by atoms with van der Waals surface area (Å²) in [6, 6.07) is 17.0. The van der Waals surface area contributed by atoms with Crippen LogP contribution in [0.15, 0.2) is 54.6 Å². The zero-order chi connectivity index (χ0) is 16.4. The van der Waals surface area contributed by atoms with Crippen molar-refractivity contribution in [3.8, 4) is 5.75 Å². The van der Waals surface area contributed by atoms with Crippen molar-refractivity contribution in [3.05, 3.63) is 71.3 Å². The predicted octanol–water partition coefficient (Wildman–Crippen LogP) is 4.67. The zero-order valence-electron chi connectivity index (χ0n) is 13.3. The van der Waals surface area contributed by atoms with Gasteiger partial charge in [0.2, 0.25) is 0 Å². The number of hydrogen-bond donors (Lipinski definition) is 2. The summed E-state index contributed by atoms with van der Waals surface area (Å²) in [4.78, 5) is 12.6. The Morgan fingerprint density at radius 3 is 2.43 bits per heavy atom. The third-order valence-electron chi connectivity index (χ3n) is 4.09. The van der Waals surface area contributed by atoms with E-state index in [0.29, 0.717) is 0 Å². The number of carbonyl (C=O) groups is 1. The molecule has 2 N–H and O–H groups in total. The van der Waals surface area contributed by atoms with Gasteiger partial charge in [0.05, 0.1) is 5.56 Å². The summed E-state index contributed by atoms with van der Waals surface area (Å²) in [6.45, 7) is 4.02. The third-order valence-corrected chi connectivity index (χ3v) is 4.09. The van der Waals surface area contributed by atoms with E-state index in [0.717, 1.165) is 34.0 Å². The summed E-state index contributed by atoms with van der Waals surface area (Å²) in [5.74, 6) is -0.301. The molecule has 0 fully saturated rings.